The standard InChI is InChI=1S/C13H15FINO2/c1-3-9(13(17)18-2)6-7-16-12-5-4-10(14)8-11(12)15/h4-6,8,16H,3,7H2,1-2H3/b9-6-. The molecule has 0 aliphatic rings. The van der Waals surface area contributed by atoms with Gasteiger partial charge < -0.3 is 10.1 Å². The lowest BCUT2D eigenvalue weighted by Crippen LogP contribution is -2.07. The summed E-state index contributed by atoms with van der Waals surface area (Å²) >= 11 is 2.06. The first-order chi connectivity index (χ1) is 8.58. The molecule has 0 radical (unpaired) electrons. The van der Waals surface area contributed by atoms with Crippen LogP contribution in [0.5, 0.6) is 0 Å². The molecule has 0 atom stereocenters. The Balaban J connectivity index is 2.65. The van der Waals surface area contributed by atoms with Crippen molar-refractivity contribution in [3.8, 4) is 0 Å². The summed E-state index contributed by atoms with van der Waals surface area (Å²) in [5.41, 5.74) is 1.47. The zero-order chi connectivity index (χ0) is 13.5. The highest BCUT2D eigenvalue weighted by molar-refractivity contribution is 14.1. The monoisotopic (exact) mass is 363 g/mol. The van der Waals surface area contributed by atoms with Crippen molar-refractivity contribution in [3.63, 3.8) is 0 Å². The molecule has 1 N–H and O–H groups in total. The van der Waals surface area contributed by atoms with Gasteiger partial charge in [0, 0.05) is 21.4 Å². The Hall–Kier alpha value is -1.11. The van der Waals surface area contributed by atoms with E-state index in [0.717, 1.165) is 9.26 Å². The maximum absolute atomic E-state index is 12.9. The van der Waals surface area contributed by atoms with Gasteiger partial charge in [-0.15, -0.1) is 0 Å². The van der Waals surface area contributed by atoms with Crippen LogP contribution in [0.1, 0.15) is 13.3 Å². The van der Waals surface area contributed by atoms with Crippen molar-refractivity contribution in [3.05, 3.63) is 39.2 Å². The summed E-state index contributed by atoms with van der Waals surface area (Å²) in [5, 5.41) is 3.13. The minimum Gasteiger partial charge on any atom is -0.466 e. The van der Waals surface area contributed by atoms with Crippen molar-refractivity contribution in [2.45, 2.75) is 13.3 Å². The van der Waals surface area contributed by atoms with E-state index in [2.05, 4.69) is 32.6 Å². The third-order valence-corrected chi connectivity index (χ3v) is 3.29. The number of halogens is 2. The number of esters is 1. The molecule has 0 unspecified atom stereocenters. The van der Waals surface area contributed by atoms with E-state index in [1.807, 2.05) is 6.92 Å². The van der Waals surface area contributed by atoms with Crippen molar-refractivity contribution in [1.29, 1.82) is 0 Å². The van der Waals surface area contributed by atoms with Crippen LogP contribution in [0.4, 0.5) is 10.1 Å². The third-order valence-electron chi connectivity index (χ3n) is 2.40. The van der Waals surface area contributed by atoms with E-state index in [-0.39, 0.29) is 11.8 Å². The fourth-order valence-electron chi connectivity index (χ4n) is 1.42. The van der Waals surface area contributed by atoms with Gasteiger partial charge >= 0.3 is 5.97 Å². The normalized spacial score (nSPS) is 11.2. The van der Waals surface area contributed by atoms with Crippen LogP contribution < -0.4 is 5.32 Å². The van der Waals surface area contributed by atoms with Gasteiger partial charge in [-0.25, -0.2) is 9.18 Å². The number of ether oxygens (including phenoxy) is 1. The van der Waals surface area contributed by atoms with Crippen molar-refractivity contribution < 1.29 is 13.9 Å². The topological polar surface area (TPSA) is 38.3 Å². The molecular weight excluding hydrogens is 348 g/mol. The maximum atomic E-state index is 12.9. The average molecular weight is 363 g/mol. The zero-order valence-electron chi connectivity index (χ0n) is 10.3. The SMILES string of the molecule is CC/C(=C/CNc1ccc(F)cc1I)C(=O)OC. The molecule has 0 bridgehead atoms. The second-order valence-electron chi connectivity index (χ2n) is 3.58. The molecule has 0 aliphatic heterocycles. The highest BCUT2D eigenvalue weighted by atomic mass is 127. The molecule has 0 saturated carbocycles. The van der Waals surface area contributed by atoms with E-state index in [1.54, 1.807) is 12.1 Å². The molecule has 1 rings (SSSR count). The van der Waals surface area contributed by atoms with Gasteiger partial charge in [-0.05, 0) is 47.2 Å². The van der Waals surface area contributed by atoms with Crippen LogP contribution in [0.2, 0.25) is 0 Å². The molecule has 0 amide bonds. The van der Waals surface area contributed by atoms with Crippen LogP contribution in [-0.4, -0.2) is 19.6 Å². The second kappa shape index (κ2) is 7.35. The third kappa shape index (κ3) is 4.29. The first-order valence-corrected chi connectivity index (χ1v) is 6.62. The van der Waals surface area contributed by atoms with E-state index >= 15 is 0 Å². The van der Waals surface area contributed by atoms with Crippen molar-refractivity contribution in [2.24, 2.45) is 0 Å². The van der Waals surface area contributed by atoms with E-state index < -0.39 is 0 Å². The minimum atomic E-state index is -0.312. The van der Waals surface area contributed by atoms with Crippen LogP contribution in [0.25, 0.3) is 0 Å². The molecular formula is C13H15FINO2. The minimum absolute atomic E-state index is 0.260. The maximum Gasteiger partial charge on any atom is 0.333 e. The van der Waals surface area contributed by atoms with Crippen LogP contribution >= 0.6 is 22.6 Å². The lowest BCUT2D eigenvalue weighted by molar-refractivity contribution is -0.136. The van der Waals surface area contributed by atoms with Gasteiger partial charge in [0.15, 0.2) is 0 Å². The number of hydrogen-bond acceptors (Lipinski definition) is 3. The molecule has 1 aromatic rings. The molecule has 0 heterocycles. The van der Waals surface area contributed by atoms with Crippen LogP contribution in [0.3, 0.4) is 0 Å². The number of nitrogens with one attached hydrogen (secondary N) is 1. The highest BCUT2D eigenvalue weighted by Crippen LogP contribution is 2.18. The van der Waals surface area contributed by atoms with Gasteiger partial charge in [0.25, 0.3) is 0 Å². The lowest BCUT2D eigenvalue weighted by atomic mass is 10.2. The van der Waals surface area contributed by atoms with E-state index in [1.165, 1.54) is 19.2 Å². The van der Waals surface area contributed by atoms with Crippen molar-refractivity contribution in [2.75, 3.05) is 19.0 Å². The van der Waals surface area contributed by atoms with Crippen molar-refractivity contribution >= 4 is 34.2 Å². The largest absolute Gasteiger partial charge is 0.466 e. The molecule has 0 saturated heterocycles. The summed E-state index contributed by atoms with van der Waals surface area (Å²) in [6, 6.07) is 4.53. The molecule has 0 spiro atoms. The van der Waals surface area contributed by atoms with Gasteiger partial charge in [0.1, 0.15) is 5.82 Å². The predicted molar refractivity (Wildman–Crippen MR) is 78.0 cm³/mol. The van der Waals surface area contributed by atoms with Crippen LogP contribution in [0, 0.1) is 9.39 Å². The average Bonchev–Trinajstić information content (AvgIpc) is 2.36. The highest BCUT2D eigenvalue weighted by Gasteiger charge is 2.06. The molecule has 0 fully saturated rings. The lowest BCUT2D eigenvalue weighted by Gasteiger charge is -2.07. The van der Waals surface area contributed by atoms with Gasteiger partial charge in [0.05, 0.1) is 7.11 Å². The summed E-state index contributed by atoms with van der Waals surface area (Å²) in [7, 11) is 1.36. The van der Waals surface area contributed by atoms with Gasteiger partial charge in [-0.2, -0.15) is 0 Å². The first kappa shape index (κ1) is 14.9. The molecule has 1 aromatic carbocycles. The zero-order valence-corrected chi connectivity index (χ0v) is 12.5. The molecule has 5 heteroatoms. The van der Waals surface area contributed by atoms with Gasteiger partial charge in [-0.1, -0.05) is 13.0 Å². The predicted octanol–water partition coefficient (Wildman–Crippen LogP) is 3.35. The quantitative estimate of drug-likeness (QED) is 0.495. The molecule has 18 heavy (non-hydrogen) atoms. The molecule has 3 nitrogen and oxygen atoms in total. The second-order valence-corrected chi connectivity index (χ2v) is 4.74. The number of anilines is 1. The summed E-state index contributed by atoms with van der Waals surface area (Å²) < 4.78 is 18.4. The number of methoxy groups -OCH3 is 1. The summed E-state index contributed by atoms with van der Waals surface area (Å²) in [4.78, 5) is 11.3. The Morgan fingerprint density at radius 2 is 2.28 bits per heavy atom. The van der Waals surface area contributed by atoms with Crippen LogP contribution in [0.15, 0.2) is 29.8 Å². The smallest absolute Gasteiger partial charge is 0.333 e. The van der Waals surface area contributed by atoms with Gasteiger partial charge in [0.2, 0.25) is 0 Å². The fourth-order valence-corrected chi connectivity index (χ4v) is 2.09. The van der Waals surface area contributed by atoms with E-state index in [0.29, 0.717) is 18.5 Å². The summed E-state index contributed by atoms with van der Waals surface area (Å²) in [6.45, 7) is 2.39. The summed E-state index contributed by atoms with van der Waals surface area (Å²) in [5.74, 6) is -0.572. The number of rotatable bonds is 5. The number of hydrogen-bond donors (Lipinski definition) is 1. The number of benzene rings is 1. The fraction of sp³-hybridized carbons (Fsp3) is 0.308. The molecule has 0 aliphatic carbocycles. The Labute approximate surface area is 120 Å². The van der Waals surface area contributed by atoms with Crippen molar-refractivity contribution in [1.82, 2.24) is 0 Å². The van der Waals surface area contributed by atoms with Crippen LogP contribution in [-0.2, 0) is 9.53 Å². The van der Waals surface area contributed by atoms with E-state index in [9.17, 15) is 9.18 Å². The summed E-state index contributed by atoms with van der Waals surface area (Å²) in [6.07, 6.45) is 2.40. The van der Waals surface area contributed by atoms with E-state index in [4.69, 9.17) is 0 Å². The molecule has 0 aromatic heterocycles. The first-order valence-electron chi connectivity index (χ1n) is 5.54. The number of carbonyl (C=O) groups excluding carboxylic acids is 1. The number of carbonyl (C=O) groups is 1. The Kier molecular flexibility index (Phi) is 6.11. The molecule has 98 valence electrons. The Morgan fingerprint density at radius 3 is 2.83 bits per heavy atom. The van der Waals surface area contributed by atoms with Gasteiger partial charge in [-0.3, -0.25) is 0 Å². The Bertz CT molecular complexity index is 460. The Morgan fingerprint density at radius 1 is 1.56 bits per heavy atom.